The van der Waals surface area contributed by atoms with E-state index in [9.17, 15) is 9.59 Å². The van der Waals surface area contributed by atoms with Gasteiger partial charge < -0.3 is 19.9 Å². The minimum atomic E-state index is -0.493. The zero-order valence-electron chi connectivity index (χ0n) is 17.3. The number of carbonyl (C=O) groups excluding carboxylic acids is 2. The highest BCUT2D eigenvalue weighted by Gasteiger charge is 2.29. The number of nitrogens with one attached hydrogen (secondary N) is 2. The van der Waals surface area contributed by atoms with Crippen LogP contribution in [0.2, 0.25) is 0 Å². The van der Waals surface area contributed by atoms with Crippen molar-refractivity contribution in [1.82, 2.24) is 10.2 Å². The molecule has 0 atom stereocenters. The first-order valence-electron chi connectivity index (χ1n) is 9.77. The van der Waals surface area contributed by atoms with E-state index in [1.165, 1.54) is 16.0 Å². The minimum absolute atomic E-state index is 0.0460. The fourth-order valence-electron chi connectivity index (χ4n) is 3.26. The van der Waals surface area contributed by atoms with Crippen LogP contribution in [0.25, 0.3) is 0 Å². The van der Waals surface area contributed by atoms with E-state index in [-0.39, 0.29) is 17.9 Å². The third-order valence-electron chi connectivity index (χ3n) is 4.63. The van der Waals surface area contributed by atoms with Crippen LogP contribution in [0.3, 0.4) is 0 Å². The van der Waals surface area contributed by atoms with Crippen LogP contribution >= 0.6 is 0 Å². The van der Waals surface area contributed by atoms with Gasteiger partial charge in [0.2, 0.25) is 5.91 Å². The molecule has 0 radical (unpaired) electrons. The quantitative estimate of drug-likeness (QED) is 0.820. The summed E-state index contributed by atoms with van der Waals surface area (Å²) in [5, 5.41) is 3.08. The van der Waals surface area contributed by atoms with Crippen molar-refractivity contribution < 1.29 is 19.2 Å². The van der Waals surface area contributed by atoms with E-state index >= 15 is 0 Å². The van der Waals surface area contributed by atoms with E-state index in [1.807, 2.05) is 32.9 Å². The van der Waals surface area contributed by atoms with Crippen LogP contribution in [0.5, 0.6) is 0 Å². The third-order valence-corrected chi connectivity index (χ3v) is 4.63. The predicted molar refractivity (Wildman–Crippen MR) is 105 cm³/mol. The van der Waals surface area contributed by atoms with Crippen molar-refractivity contribution in [2.24, 2.45) is 5.92 Å². The zero-order valence-corrected chi connectivity index (χ0v) is 17.3. The molecule has 1 fully saturated rings. The van der Waals surface area contributed by atoms with Crippen LogP contribution in [0.4, 0.5) is 4.79 Å². The van der Waals surface area contributed by atoms with Gasteiger partial charge in [0.25, 0.3) is 0 Å². The standard InChI is InChI=1S/C21H33N3O3/c1-21(2,3)27-20(26)24-12-10-16(11-13-24)19(25)22-14-17-8-6-7-9-18(17)15-23(4)5/h6-9,16H,10-15H2,1-5H3,(H,22,25)/p+1. The molecule has 1 saturated heterocycles. The highest BCUT2D eigenvalue weighted by molar-refractivity contribution is 5.79. The Balaban J connectivity index is 1.82. The van der Waals surface area contributed by atoms with Gasteiger partial charge in [-0.15, -0.1) is 0 Å². The number of likely N-dealkylation sites (tertiary alicyclic amines) is 1. The molecule has 27 heavy (non-hydrogen) atoms. The molecule has 2 rings (SSSR count). The van der Waals surface area contributed by atoms with E-state index in [0.29, 0.717) is 32.5 Å². The van der Waals surface area contributed by atoms with Crippen molar-refractivity contribution >= 4 is 12.0 Å². The zero-order chi connectivity index (χ0) is 20.0. The Bertz CT molecular complexity index is 644. The molecule has 1 heterocycles. The normalized spacial score (nSPS) is 15.7. The van der Waals surface area contributed by atoms with Crippen molar-refractivity contribution in [3.05, 3.63) is 35.4 Å². The van der Waals surface area contributed by atoms with E-state index in [0.717, 1.165) is 6.54 Å². The molecule has 2 amide bonds. The second-order valence-electron chi connectivity index (χ2n) is 8.61. The molecule has 0 aliphatic carbocycles. The number of ether oxygens (including phenoxy) is 1. The Morgan fingerprint density at radius 3 is 2.30 bits per heavy atom. The lowest BCUT2D eigenvalue weighted by molar-refractivity contribution is -0.872. The Morgan fingerprint density at radius 1 is 1.15 bits per heavy atom. The molecule has 0 aromatic heterocycles. The number of piperidine rings is 1. The first-order chi connectivity index (χ1) is 12.7. The molecule has 2 N–H and O–H groups in total. The van der Waals surface area contributed by atoms with E-state index in [2.05, 4.69) is 31.5 Å². The van der Waals surface area contributed by atoms with Gasteiger partial charge in [0.15, 0.2) is 0 Å². The van der Waals surface area contributed by atoms with E-state index < -0.39 is 5.60 Å². The summed E-state index contributed by atoms with van der Waals surface area (Å²) in [5.41, 5.74) is 1.93. The van der Waals surface area contributed by atoms with E-state index in [4.69, 9.17) is 4.74 Å². The van der Waals surface area contributed by atoms with Crippen molar-refractivity contribution in [3.8, 4) is 0 Å². The van der Waals surface area contributed by atoms with Gasteiger partial charge in [-0.2, -0.15) is 0 Å². The lowest BCUT2D eigenvalue weighted by Gasteiger charge is -2.33. The molecule has 150 valence electrons. The van der Waals surface area contributed by atoms with Gasteiger partial charge in [-0.3, -0.25) is 4.79 Å². The Morgan fingerprint density at radius 2 is 1.74 bits per heavy atom. The van der Waals surface area contributed by atoms with Crippen LogP contribution in [0.15, 0.2) is 24.3 Å². The summed E-state index contributed by atoms with van der Waals surface area (Å²) < 4.78 is 5.41. The summed E-state index contributed by atoms with van der Waals surface area (Å²) in [6, 6.07) is 8.24. The summed E-state index contributed by atoms with van der Waals surface area (Å²) in [4.78, 5) is 27.7. The van der Waals surface area contributed by atoms with Gasteiger partial charge in [-0.25, -0.2) is 4.79 Å². The summed E-state index contributed by atoms with van der Waals surface area (Å²) >= 11 is 0. The summed E-state index contributed by atoms with van der Waals surface area (Å²) in [6.45, 7) is 8.19. The number of benzene rings is 1. The van der Waals surface area contributed by atoms with Crippen molar-refractivity contribution in [2.45, 2.75) is 52.3 Å². The Labute approximate surface area is 162 Å². The van der Waals surface area contributed by atoms with Crippen LogP contribution in [0, 0.1) is 5.92 Å². The fraction of sp³-hybridized carbons (Fsp3) is 0.619. The smallest absolute Gasteiger partial charge is 0.410 e. The monoisotopic (exact) mass is 376 g/mol. The first kappa shape index (κ1) is 21.2. The second-order valence-corrected chi connectivity index (χ2v) is 8.61. The number of amides is 2. The lowest BCUT2D eigenvalue weighted by Crippen LogP contribution is -3.04. The second kappa shape index (κ2) is 9.22. The van der Waals surface area contributed by atoms with E-state index in [1.54, 1.807) is 4.90 Å². The predicted octanol–water partition coefficient (Wildman–Crippen LogP) is 1.59. The van der Waals surface area contributed by atoms with Gasteiger partial charge >= 0.3 is 6.09 Å². The highest BCUT2D eigenvalue weighted by atomic mass is 16.6. The molecule has 1 aromatic rings. The van der Waals surface area contributed by atoms with Crippen molar-refractivity contribution in [1.29, 1.82) is 0 Å². The molecule has 0 unspecified atom stereocenters. The van der Waals surface area contributed by atoms with Gasteiger partial charge in [-0.1, -0.05) is 24.3 Å². The average Bonchev–Trinajstić information content (AvgIpc) is 2.59. The highest BCUT2D eigenvalue weighted by Crippen LogP contribution is 2.20. The molecule has 6 heteroatoms. The SMILES string of the molecule is C[NH+](C)Cc1ccccc1CNC(=O)C1CCN(C(=O)OC(C)(C)C)CC1. The maximum absolute atomic E-state index is 12.6. The number of rotatable bonds is 5. The van der Waals surface area contributed by atoms with Gasteiger partial charge in [-0.05, 0) is 39.2 Å². The third kappa shape index (κ3) is 6.86. The van der Waals surface area contributed by atoms with Crippen LogP contribution in [0.1, 0.15) is 44.7 Å². The molecular weight excluding hydrogens is 342 g/mol. The fourth-order valence-corrected chi connectivity index (χ4v) is 3.26. The maximum Gasteiger partial charge on any atom is 0.410 e. The summed E-state index contributed by atoms with van der Waals surface area (Å²) in [7, 11) is 4.24. The summed E-state index contributed by atoms with van der Waals surface area (Å²) in [6.07, 6.45) is 1.06. The van der Waals surface area contributed by atoms with Gasteiger partial charge in [0, 0.05) is 31.1 Å². The largest absolute Gasteiger partial charge is 0.444 e. The minimum Gasteiger partial charge on any atom is -0.444 e. The lowest BCUT2D eigenvalue weighted by atomic mass is 9.96. The molecule has 6 nitrogen and oxygen atoms in total. The van der Waals surface area contributed by atoms with Gasteiger partial charge in [0.05, 0.1) is 14.1 Å². The number of quaternary nitrogens is 1. The van der Waals surface area contributed by atoms with Crippen LogP contribution in [-0.4, -0.2) is 49.7 Å². The topological polar surface area (TPSA) is 63.1 Å². The van der Waals surface area contributed by atoms with Crippen molar-refractivity contribution in [3.63, 3.8) is 0 Å². The molecule has 1 aromatic carbocycles. The summed E-state index contributed by atoms with van der Waals surface area (Å²) in [5.74, 6) is 0.0289. The number of hydrogen-bond acceptors (Lipinski definition) is 3. The first-order valence-corrected chi connectivity index (χ1v) is 9.77. The molecular formula is C21H34N3O3+. The van der Waals surface area contributed by atoms with Gasteiger partial charge in [0.1, 0.15) is 12.1 Å². The number of carbonyl (C=O) groups is 2. The van der Waals surface area contributed by atoms with Crippen LogP contribution in [-0.2, 0) is 22.6 Å². The maximum atomic E-state index is 12.6. The Kier molecular flexibility index (Phi) is 7.25. The molecule has 0 saturated carbocycles. The number of hydrogen-bond donors (Lipinski definition) is 2. The molecule has 1 aliphatic rings. The average molecular weight is 377 g/mol. The molecule has 0 spiro atoms. The molecule has 1 aliphatic heterocycles. The number of nitrogens with zero attached hydrogens (tertiary/aromatic N) is 1. The van der Waals surface area contributed by atoms with Crippen LogP contribution < -0.4 is 10.2 Å². The Hall–Kier alpha value is -2.08. The van der Waals surface area contributed by atoms with Crippen molar-refractivity contribution in [2.75, 3.05) is 27.2 Å². The molecule has 0 bridgehead atoms.